The first-order valence-electron chi connectivity index (χ1n) is 8.30. The Morgan fingerprint density at radius 2 is 1.81 bits per heavy atom. The number of hydrogen-bond acceptors (Lipinski definition) is 5. The van der Waals surface area contributed by atoms with Crippen LogP contribution in [0.25, 0.3) is 0 Å². The fraction of sp³-hybridized carbons (Fsp3) is 0.150. The highest BCUT2D eigenvalue weighted by atomic mass is 32.2. The molecule has 6 nitrogen and oxygen atoms in total. The monoisotopic (exact) mass is 384 g/mol. The van der Waals surface area contributed by atoms with Crippen molar-refractivity contribution >= 4 is 21.9 Å². The zero-order valence-electron chi connectivity index (χ0n) is 15.0. The molecule has 0 radical (unpaired) electrons. The molecule has 0 saturated carbocycles. The Kier molecular flexibility index (Phi) is 5.73. The van der Waals surface area contributed by atoms with Gasteiger partial charge in [-0.25, -0.2) is 18.1 Å². The number of sulfonamides is 1. The van der Waals surface area contributed by atoms with Crippen LogP contribution in [-0.4, -0.2) is 21.7 Å². The number of aryl methyl sites for hydroxylation is 1. The van der Waals surface area contributed by atoms with Crippen LogP contribution in [0.2, 0.25) is 0 Å². The predicted molar refractivity (Wildman–Crippen MR) is 104 cm³/mol. The number of benzene rings is 2. The molecule has 0 aliphatic carbocycles. The van der Waals surface area contributed by atoms with Crippen LogP contribution in [0.3, 0.4) is 0 Å². The summed E-state index contributed by atoms with van der Waals surface area (Å²) in [5, 5.41) is 0. The van der Waals surface area contributed by atoms with E-state index in [2.05, 4.69) is 9.71 Å². The van der Waals surface area contributed by atoms with Crippen LogP contribution in [0.1, 0.15) is 17.1 Å². The maximum atomic E-state index is 12.3. The van der Waals surface area contributed by atoms with Crippen molar-refractivity contribution in [3.05, 3.63) is 77.7 Å². The van der Waals surface area contributed by atoms with E-state index in [9.17, 15) is 8.42 Å². The summed E-state index contributed by atoms with van der Waals surface area (Å²) in [7, 11) is -2.01. The van der Waals surface area contributed by atoms with Gasteiger partial charge in [0, 0.05) is 0 Å². The van der Waals surface area contributed by atoms with E-state index in [0.29, 0.717) is 23.0 Å². The molecule has 0 unspecified atom stereocenters. The smallest absolute Gasteiger partial charge is 0.240 e. The highest BCUT2D eigenvalue weighted by molar-refractivity contribution is 7.89. The molecule has 2 aromatic carbocycles. The predicted octanol–water partition coefficient (Wildman–Crippen LogP) is 3.83. The molecule has 0 atom stereocenters. The number of rotatable bonds is 7. The zero-order valence-corrected chi connectivity index (χ0v) is 15.9. The molecule has 0 spiro atoms. The van der Waals surface area contributed by atoms with Gasteiger partial charge >= 0.3 is 0 Å². The number of hydrogen-bond donors (Lipinski definition) is 1. The maximum Gasteiger partial charge on any atom is 0.240 e. The van der Waals surface area contributed by atoms with Crippen LogP contribution in [0.4, 0.5) is 5.69 Å². The maximum absolute atomic E-state index is 12.3. The SMILES string of the molecule is COc1ccccc1N=Cc1ccc(CNS(=O)(=O)c2ccc(C)cc2)o1. The van der Waals surface area contributed by atoms with Gasteiger partial charge in [0.2, 0.25) is 10.0 Å². The van der Waals surface area contributed by atoms with Gasteiger partial charge in [0.25, 0.3) is 0 Å². The minimum Gasteiger partial charge on any atom is -0.494 e. The Labute approximate surface area is 158 Å². The van der Waals surface area contributed by atoms with Crippen molar-refractivity contribution in [2.75, 3.05) is 7.11 Å². The Hall–Kier alpha value is -2.90. The molecule has 1 N–H and O–H groups in total. The molecule has 0 aliphatic rings. The number of aliphatic imine (C=N–C) groups is 1. The Bertz CT molecular complexity index is 1040. The number of nitrogens with zero attached hydrogens (tertiary/aromatic N) is 1. The first-order chi connectivity index (χ1) is 13.0. The van der Waals surface area contributed by atoms with Crippen LogP contribution in [-0.2, 0) is 16.6 Å². The number of methoxy groups -OCH3 is 1. The Balaban J connectivity index is 1.66. The van der Waals surface area contributed by atoms with Crippen LogP contribution >= 0.6 is 0 Å². The largest absolute Gasteiger partial charge is 0.494 e. The molecule has 0 saturated heterocycles. The molecule has 7 heteroatoms. The molecule has 3 aromatic rings. The van der Waals surface area contributed by atoms with Crippen molar-refractivity contribution in [1.29, 1.82) is 0 Å². The number of ether oxygens (including phenoxy) is 1. The standard InChI is InChI=1S/C20H20N2O4S/c1-15-7-11-18(12-8-15)27(23,24)22-14-17-10-9-16(26-17)13-21-19-5-3-4-6-20(19)25-2/h3-13,22H,14H2,1-2H3. The van der Waals surface area contributed by atoms with Crippen molar-refractivity contribution in [3.8, 4) is 5.75 Å². The van der Waals surface area contributed by atoms with Crippen molar-refractivity contribution in [1.82, 2.24) is 4.72 Å². The minimum atomic E-state index is -3.59. The van der Waals surface area contributed by atoms with Gasteiger partial charge in [-0.15, -0.1) is 0 Å². The van der Waals surface area contributed by atoms with Crippen molar-refractivity contribution in [2.24, 2.45) is 4.99 Å². The van der Waals surface area contributed by atoms with Crippen LogP contribution in [0.15, 0.2) is 75.0 Å². The zero-order chi connectivity index (χ0) is 19.3. The summed E-state index contributed by atoms with van der Waals surface area (Å²) in [4.78, 5) is 4.56. The molecule has 3 rings (SSSR count). The summed E-state index contributed by atoms with van der Waals surface area (Å²) in [5.41, 5.74) is 1.68. The summed E-state index contributed by atoms with van der Waals surface area (Å²) in [6.45, 7) is 1.96. The molecule has 0 fully saturated rings. The third-order valence-electron chi connectivity index (χ3n) is 3.87. The number of nitrogens with one attached hydrogen (secondary N) is 1. The second-order valence-electron chi connectivity index (χ2n) is 5.87. The van der Waals surface area contributed by atoms with Gasteiger partial charge in [-0.1, -0.05) is 29.8 Å². The normalized spacial score (nSPS) is 11.8. The Morgan fingerprint density at radius 1 is 1.07 bits per heavy atom. The van der Waals surface area contributed by atoms with Crippen LogP contribution in [0, 0.1) is 6.92 Å². The average molecular weight is 384 g/mol. The lowest BCUT2D eigenvalue weighted by Crippen LogP contribution is -2.22. The third-order valence-corrected chi connectivity index (χ3v) is 5.28. The number of furan rings is 1. The van der Waals surface area contributed by atoms with E-state index in [-0.39, 0.29) is 11.4 Å². The fourth-order valence-electron chi connectivity index (χ4n) is 2.40. The second kappa shape index (κ2) is 8.20. The topological polar surface area (TPSA) is 80.9 Å². The van der Waals surface area contributed by atoms with E-state index in [1.165, 1.54) is 0 Å². The highest BCUT2D eigenvalue weighted by Gasteiger charge is 2.14. The highest BCUT2D eigenvalue weighted by Crippen LogP contribution is 2.26. The molecule has 1 aromatic heterocycles. The average Bonchev–Trinajstić information content (AvgIpc) is 3.13. The molecule has 1 heterocycles. The Morgan fingerprint density at radius 3 is 2.56 bits per heavy atom. The minimum absolute atomic E-state index is 0.0543. The summed E-state index contributed by atoms with van der Waals surface area (Å²) in [6, 6.07) is 17.5. The summed E-state index contributed by atoms with van der Waals surface area (Å²) in [5.74, 6) is 1.67. The van der Waals surface area contributed by atoms with Crippen molar-refractivity contribution in [2.45, 2.75) is 18.4 Å². The molecule has 27 heavy (non-hydrogen) atoms. The van der Waals surface area contributed by atoms with Gasteiger partial charge in [0.05, 0.1) is 24.8 Å². The van der Waals surface area contributed by atoms with Crippen LogP contribution < -0.4 is 9.46 Å². The lowest BCUT2D eigenvalue weighted by atomic mass is 10.2. The van der Waals surface area contributed by atoms with Gasteiger partial charge < -0.3 is 9.15 Å². The molecule has 140 valence electrons. The van der Waals surface area contributed by atoms with E-state index in [1.54, 1.807) is 49.7 Å². The van der Waals surface area contributed by atoms with E-state index >= 15 is 0 Å². The van der Waals surface area contributed by atoms with Gasteiger partial charge in [-0.05, 0) is 43.3 Å². The van der Waals surface area contributed by atoms with E-state index in [1.807, 2.05) is 31.2 Å². The van der Waals surface area contributed by atoms with Gasteiger partial charge in [-0.2, -0.15) is 0 Å². The lowest BCUT2D eigenvalue weighted by molar-refractivity contribution is 0.416. The van der Waals surface area contributed by atoms with E-state index in [0.717, 1.165) is 5.56 Å². The quantitative estimate of drug-likeness (QED) is 0.628. The summed E-state index contributed by atoms with van der Waals surface area (Å²) >= 11 is 0. The lowest BCUT2D eigenvalue weighted by Gasteiger charge is -2.05. The van der Waals surface area contributed by atoms with E-state index in [4.69, 9.17) is 9.15 Å². The summed E-state index contributed by atoms with van der Waals surface area (Å²) < 4.78 is 38.0. The first kappa shape index (κ1) is 18.9. The number of para-hydroxylation sites is 2. The summed E-state index contributed by atoms with van der Waals surface area (Å²) in [6.07, 6.45) is 1.57. The molecular weight excluding hydrogens is 364 g/mol. The molecule has 0 aliphatic heterocycles. The fourth-order valence-corrected chi connectivity index (χ4v) is 3.39. The van der Waals surface area contributed by atoms with Crippen molar-refractivity contribution in [3.63, 3.8) is 0 Å². The van der Waals surface area contributed by atoms with Gasteiger partial charge in [0.15, 0.2) is 0 Å². The van der Waals surface area contributed by atoms with Gasteiger partial charge in [-0.3, -0.25) is 0 Å². The molecule has 0 amide bonds. The van der Waals surface area contributed by atoms with Crippen molar-refractivity contribution < 1.29 is 17.6 Å². The third kappa shape index (κ3) is 4.84. The van der Waals surface area contributed by atoms with E-state index < -0.39 is 10.0 Å². The van der Waals surface area contributed by atoms with Crippen LogP contribution in [0.5, 0.6) is 5.75 Å². The molecular formula is C20H20N2O4S. The molecule has 0 bridgehead atoms. The first-order valence-corrected chi connectivity index (χ1v) is 9.78. The second-order valence-corrected chi connectivity index (χ2v) is 7.64. The van der Waals surface area contributed by atoms with Gasteiger partial charge in [0.1, 0.15) is 23.0 Å².